The average Bonchev–Trinajstić information content (AvgIpc) is 2.48. The number of amides is 1. The van der Waals surface area contributed by atoms with Crippen LogP contribution in [-0.2, 0) is 10.5 Å². The summed E-state index contributed by atoms with van der Waals surface area (Å²) in [6.07, 6.45) is 1.31. The van der Waals surface area contributed by atoms with Crippen molar-refractivity contribution in [2.75, 3.05) is 5.75 Å². The van der Waals surface area contributed by atoms with Gasteiger partial charge in [-0.1, -0.05) is 47.5 Å². The number of thioether (sulfide) groups is 1. The fraction of sp³-hybridized carbons (Fsp3) is 0.222. The van der Waals surface area contributed by atoms with Crippen LogP contribution < -0.4 is 5.43 Å². The predicted molar refractivity (Wildman–Crippen MR) is 94.2 cm³/mol. The second-order valence-electron chi connectivity index (χ2n) is 5.30. The van der Waals surface area contributed by atoms with Crippen molar-refractivity contribution in [1.82, 2.24) is 5.43 Å². The number of carbonyl (C=O) groups is 1. The van der Waals surface area contributed by atoms with E-state index in [-0.39, 0.29) is 11.7 Å². The van der Waals surface area contributed by atoms with Crippen molar-refractivity contribution in [2.45, 2.75) is 19.6 Å². The standard InChI is InChI=1S/C18H19FN2OS/c1-13-7-14(2)9-15(8-13)11-23-12-18(22)21-20-10-16-5-3-4-6-17(16)19/h3-10H,11-12H2,1-2H3,(H,21,22). The number of carbonyl (C=O) groups excluding carboxylic acids is 1. The molecule has 0 saturated heterocycles. The first-order valence-corrected chi connectivity index (χ1v) is 8.41. The molecule has 0 aliphatic heterocycles. The molecule has 1 N–H and O–H groups in total. The van der Waals surface area contributed by atoms with Gasteiger partial charge in [-0.2, -0.15) is 5.10 Å². The van der Waals surface area contributed by atoms with Gasteiger partial charge in [0.2, 0.25) is 5.91 Å². The van der Waals surface area contributed by atoms with Gasteiger partial charge >= 0.3 is 0 Å². The first-order valence-electron chi connectivity index (χ1n) is 7.26. The normalized spacial score (nSPS) is 10.9. The highest BCUT2D eigenvalue weighted by Crippen LogP contribution is 2.15. The van der Waals surface area contributed by atoms with Crippen molar-refractivity contribution >= 4 is 23.9 Å². The van der Waals surface area contributed by atoms with Crippen molar-refractivity contribution in [2.24, 2.45) is 5.10 Å². The first kappa shape index (κ1) is 17.2. The maximum Gasteiger partial charge on any atom is 0.250 e. The molecular formula is C18H19FN2OS. The lowest BCUT2D eigenvalue weighted by Crippen LogP contribution is -2.19. The molecular weight excluding hydrogens is 311 g/mol. The van der Waals surface area contributed by atoms with E-state index in [2.05, 4.69) is 42.6 Å². The minimum Gasteiger partial charge on any atom is -0.272 e. The molecule has 0 aliphatic carbocycles. The van der Waals surface area contributed by atoms with E-state index in [9.17, 15) is 9.18 Å². The number of hydrazone groups is 1. The van der Waals surface area contributed by atoms with Gasteiger partial charge in [0.05, 0.1) is 12.0 Å². The van der Waals surface area contributed by atoms with Gasteiger partial charge < -0.3 is 0 Å². The van der Waals surface area contributed by atoms with Crippen LogP contribution in [0.4, 0.5) is 4.39 Å². The van der Waals surface area contributed by atoms with Crippen LogP contribution >= 0.6 is 11.8 Å². The third kappa shape index (κ3) is 5.87. The number of hydrogen-bond donors (Lipinski definition) is 1. The van der Waals surface area contributed by atoms with E-state index in [1.165, 1.54) is 40.7 Å². The maximum atomic E-state index is 13.4. The van der Waals surface area contributed by atoms with Crippen molar-refractivity contribution in [3.63, 3.8) is 0 Å². The SMILES string of the molecule is Cc1cc(C)cc(CSCC(=O)NN=Cc2ccccc2F)c1. The Labute approximate surface area is 140 Å². The van der Waals surface area contributed by atoms with Gasteiger partial charge in [0, 0.05) is 11.3 Å². The van der Waals surface area contributed by atoms with Crippen LogP contribution in [0.1, 0.15) is 22.3 Å². The molecule has 23 heavy (non-hydrogen) atoms. The molecule has 0 spiro atoms. The topological polar surface area (TPSA) is 41.5 Å². The van der Waals surface area contributed by atoms with E-state index < -0.39 is 0 Å². The molecule has 0 atom stereocenters. The van der Waals surface area contributed by atoms with Gasteiger partial charge in [-0.25, -0.2) is 9.82 Å². The number of halogens is 1. The Balaban J connectivity index is 1.76. The summed E-state index contributed by atoms with van der Waals surface area (Å²) in [7, 11) is 0. The molecule has 5 heteroatoms. The minimum absolute atomic E-state index is 0.202. The van der Waals surface area contributed by atoms with E-state index >= 15 is 0 Å². The van der Waals surface area contributed by atoms with Crippen molar-refractivity contribution in [3.05, 3.63) is 70.5 Å². The molecule has 1 amide bonds. The number of benzene rings is 2. The molecule has 3 nitrogen and oxygen atoms in total. The van der Waals surface area contributed by atoms with E-state index in [1.54, 1.807) is 18.2 Å². The fourth-order valence-corrected chi connectivity index (χ4v) is 2.95. The van der Waals surface area contributed by atoms with Gasteiger partial charge in [0.1, 0.15) is 5.82 Å². The number of nitrogens with zero attached hydrogens (tertiary/aromatic N) is 1. The molecule has 0 heterocycles. The number of aryl methyl sites for hydroxylation is 2. The van der Waals surface area contributed by atoms with Crippen LogP contribution in [0, 0.1) is 19.7 Å². The second kappa shape index (κ2) is 8.48. The Morgan fingerprint density at radius 3 is 2.61 bits per heavy atom. The van der Waals surface area contributed by atoms with Crippen LogP contribution in [0.25, 0.3) is 0 Å². The average molecular weight is 330 g/mol. The summed E-state index contributed by atoms with van der Waals surface area (Å²) in [5.41, 5.74) is 6.40. The molecule has 0 aromatic heterocycles. The molecule has 2 rings (SSSR count). The van der Waals surface area contributed by atoms with Gasteiger partial charge in [-0.3, -0.25) is 4.79 Å². The fourth-order valence-electron chi connectivity index (χ4n) is 2.20. The Bertz CT molecular complexity index is 696. The number of hydrogen-bond acceptors (Lipinski definition) is 3. The summed E-state index contributed by atoms with van der Waals surface area (Å²) in [4.78, 5) is 11.7. The zero-order chi connectivity index (χ0) is 16.7. The van der Waals surface area contributed by atoms with Crippen LogP contribution in [0.3, 0.4) is 0 Å². The van der Waals surface area contributed by atoms with Crippen LogP contribution in [-0.4, -0.2) is 17.9 Å². The lowest BCUT2D eigenvalue weighted by molar-refractivity contribution is -0.118. The van der Waals surface area contributed by atoms with Gasteiger partial charge in [-0.15, -0.1) is 11.8 Å². The van der Waals surface area contributed by atoms with Crippen LogP contribution in [0.2, 0.25) is 0 Å². The van der Waals surface area contributed by atoms with Gasteiger partial charge in [-0.05, 0) is 25.5 Å². The first-order chi connectivity index (χ1) is 11.0. The third-order valence-electron chi connectivity index (χ3n) is 3.08. The Hall–Kier alpha value is -2.14. The van der Waals surface area contributed by atoms with Gasteiger partial charge in [0.15, 0.2) is 0 Å². The minimum atomic E-state index is -0.366. The summed E-state index contributed by atoms with van der Waals surface area (Å²) in [5, 5.41) is 3.78. The smallest absolute Gasteiger partial charge is 0.250 e. The molecule has 0 radical (unpaired) electrons. The van der Waals surface area contributed by atoms with E-state index in [0.717, 1.165) is 5.75 Å². The Kier molecular flexibility index (Phi) is 6.35. The van der Waals surface area contributed by atoms with Crippen LogP contribution in [0.15, 0.2) is 47.6 Å². The molecule has 0 fully saturated rings. The molecule has 0 aliphatic rings. The van der Waals surface area contributed by atoms with E-state index in [0.29, 0.717) is 11.3 Å². The molecule has 0 bridgehead atoms. The highest BCUT2D eigenvalue weighted by molar-refractivity contribution is 7.99. The number of nitrogens with one attached hydrogen (secondary N) is 1. The summed E-state index contributed by atoms with van der Waals surface area (Å²) in [6.45, 7) is 4.12. The lowest BCUT2D eigenvalue weighted by Gasteiger charge is -2.04. The van der Waals surface area contributed by atoms with Crippen molar-refractivity contribution in [3.8, 4) is 0 Å². The summed E-state index contributed by atoms with van der Waals surface area (Å²) in [6, 6.07) is 12.6. The van der Waals surface area contributed by atoms with Gasteiger partial charge in [0.25, 0.3) is 0 Å². The Morgan fingerprint density at radius 2 is 1.91 bits per heavy atom. The zero-order valence-corrected chi connectivity index (χ0v) is 14.0. The molecule has 120 valence electrons. The largest absolute Gasteiger partial charge is 0.272 e. The van der Waals surface area contributed by atoms with E-state index in [4.69, 9.17) is 0 Å². The monoisotopic (exact) mass is 330 g/mol. The molecule has 0 saturated carbocycles. The highest BCUT2D eigenvalue weighted by Gasteiger charge is 2.02. The Morgan fingerprint density at radius 1 is 1.22 bits per heavy atom. The quantitative estimate of drug-likeness (QED) is 0.646. The highest BCUT2D eigenvalue weighted by atomic mass is 32.2. The van der Waals surface area contributed by atoms with E-state index in [1.807, 2.05) is 0 Å². The number of rotatable bonds is 6. The van der Waals surface area contributed by atoms with Crippen LogP contribution in [0.5, 0.6) is 0 Å². The van der Waals surface area contributed by atoms with Crippen molar-refractivity contribution in [1.29, 1.82) is 0 Å². The third-order valence-corrected chi connectivity index (χ3v) is 4.09. The summed E-state index contributed by atoms with van der Waals surface area (Å²) < 4.78 is 13.4. The second-order valence-corrected chi connectivity index (χ2v) is 6.29. The predicted octanol–water partition coefficient (Wildman–Crippen LogP) is 3.83. The van der Waals surface area contributed by atoms with Crippen molar-refractivity contribution < 1.29 is 9.18 Å². The summed E-state index contributed by atoms with van der Waals surface area (Å²) >= 11 is 1.52. The lowest BCUT2D eigenvalue weighted by atomic mass is 10.1. The summed E-state index contributed by atoms with van der Waals surface area (Å²) in [5.74, 6) is 0.510. The molecule has 2 aromatic carbocycles. The molecule has 0 unspecified atom stereocenters. The maximum absolute atomic E-state index is 13.4. The zero-order valence-electron chi connectivity index (χ0n) is 13.2. The molecule has 2 aromatic rings.